The van der Waals surface area contributed by atoms with Gasteiger partial charge in [-0.05, 0) is 31.6 Å². The van der Waals surface area contributed by atoms with Gasteiger partial charge in [-0.1, -0.05) is 13.3 Å². The van der Waals surface area contributed by atoms with Crippen molar-refractivity contribution in [1.82, 2.24) is 9.78 Å². The SMILES string of the molecule is CCC1(CNc2c(N)c(C)nn2C)CCC1. The summed E-state index contributed by atoms with van der Waals surface area (Å²) in [5.41, 5.74) is 8.18. The number of aryl methyl sites for hydroxylation is 2. The third-order valence-corrected chi connectivity index (χ3v) is 4.06. The average Bonchev–Trinajstić information content (AvgIpc) is 2.43. The van der Waals surface area contributed by atoms with Gasteiger partial charge in [0.05, 0.1) is 11.4 Å². The van der Waals surface area contributed by atoms with Gasteiger partial charge in [-0.25, -0.2) is 0 Å². The lowest BCUT2D eigenvalue weighted by molar-refractivity contribution is 0.145. The molecule has 0 saturated heterocycles. The van der Waals surface area contributed by atoms with Gasteiger partial charge < -0.3 is 11.1 Å². The smallest absolute Gasteiger partial charge is 0.147 e. The van der Waals surface area contributed by atoms with E-state index in [0.717, 1.165) is 23.7 Å². The molecule has 0 aliphatic heterocycles. The van der Waals surface area contributed by atoms with Crippen LogP contribution in [0, 0.1) is 12.3 Å². The Bertz CT molecular complexity index is 371. The van der Waals surface area contributed by atoms with E-state index >= 15 is 0 Å². The van der Waals surface area contributed by atoms with E-state index in [4.69, 9.17) is 5.73 Å². The van der Waals surface area contributed by atoms with Crippen LogP contribution >= 0.6 is 0 Å². The van der Waals surface area contributed by atoms with Gasteiger partial charge in [0.1, 0.15) is 5.82 Å². The van der Waals surface area contributed by atoms with Crippen molar-refractivity contribution in [2.75, 3.05) is 17.6 Å². The van der Waals surface area contributed by atoms with E-state index in [-0.39, 0.29) is 0 Å². The molecule has 1 fully saturated rings. The van der Waals surface area contributed by atoms with Crippen molar-refractivity contribution in [1.29, 1.82) is 0 Å². The highest BCUT2D eigenvalue weighted by molar-refractivity contribution is 5.64. The molecule has 90 valence electrons. The zero-order valence-corrected chi connectivity index (χ0v) is 10.5. The van der Waals surface area contributed by atoms with E-state index < -0.39 is 0 Å². The van der Waals surface area contributed by atoms with Crippen molar-refractivity contribution >= 4 is 11.5 Å². The quantitative estimate of drug-likeness (QED) is 0.822. The number of hydrogen-bond acceptors (Lipinski definition) is 3. The molecule has 1 aromatic rings. The largest absolute Gasteiger partial charge is 0.394 e. The van der Waals surface area contributed by atoms with Crippen LogP contribution in [0.2, 0.25) is 0 Å². The summed E-state index contributed by atoms with van der Waals surface area (Å²) in [5, 5.41) is 7.78. The van der Waals surface area contributed by atoms with Crippen molar-refractivity contribution in [3.8, 4) is 0 Å². The first kappa shape index (κ1) is 11.3. The molecule has 4 nitrogen and oxygen atoms in total. The molecule has 0 spiro atoms. The van der Waals surface area contributed by atoms with E-state index in [1.807, 2.05) is 18.7 Å². The Morgan fingerprint density at radius 3 is 2.56 bits per heavy atom. The molecule has 1 heterocycles. The first-order valence-electron chi connectivity index (χ1n) is 6.11. The van der Waals surface area contributed by atoms with Crippen LogP contribution in [0.3, 0.4) is 0 Å². The van der Waals surface area contributed by atoms with Crippen LogP contribution in [-0.4, -0.2) is 16.3 Å². The first-order valence-corrected chi connectivity index (χ1v) is 6.11. The number of nitrogens with two attached hydrogens (primary N) is 1. The Morgan fingerprint density at radius 2 is 2.19 bits per heavy atom. The fourth-order valence-electron chi connectivity index (χ4n) is 2.49. The average molecular weight is 222 g/mol. The van der Waals surface area contributed by atoms with Gasteiger partial charge in [-0.15, -0.1) is 0 Å². The standard InChI is InChI=1S/C12H22N4/c1-4-12(6-5-7-12)8-14-11-10(13)9(2)15-16(11)3/h14H,4-8,13H2,1-3H3. The highest BCUT2D eigenvalue weighted by atomic mass is 15.3. The summed E-state index contributed by atoms with van der Waals surface area (Å²) in [4.78, 5) is 0. The summed E-state index contributed by atoms with van der Waals surface area (Å²) in [6.07, 6.45) is 5.30. The van der Waals surface area contributed by atoms with Gasteiger partial charge in [0, 0.05) is 13.6 Å². The van der Waals surface area contributed by atoms with E-state index in [0.29, 0.717) is 5.41 Å². The Balaban J connectivity index is 2.04. The molecule has 4 heteroatoms. The fourth-order valence-corrected chi connectivity index (χ4v) is 2.49. The number of aromatic nitrogens is 2. The van der Waals surface area contributed by atoms with Crippen molar-refractivity contribution in [3.63, 3.8) is 0 Å². The molecular formula is C12H22N4. The van der Waals surface area contributed by atoms with Crippen LogP contribution in [-0.2, 0) is 7.05 Å². The summed E-state index contributed by atoms with van der Waals surface area (Å²) < 4.78 is 1.84. The molecule has 0 amide bonds. The summed E-state index contributed by atoms with van der Waals surface area (Å²) in [5.74, 6) is 0.970. The molecule has 0 aromatic carbocycles. The minimum Gasteiger partial charge on any atom is -0.394 e. The number of rotatable bonds is 4. The summed E-state index contributed by atoms with van der Waals surface area (Å²) in [6, 6.07) is 0. The minimum absolute atomic E-state index is 0.505. The van der Waals surface area contributed by atoms with Gasteiger partial charge >= 0.3 is 0 Å². The van der Waals surface area contributed by atoms with Gasteiger partial charge in [-0.3, -0.25) is 4.68 Å². The third-order valence-electron chi connectivity index (χ3n) is 4.06. The van der Waals surface area contributed by atoms with E-state index in [9.17, 15) is 0 Å². The predicted octanol–water partition coefficient (Wildman–Crippen LogP) is 2.30. The molecule has 2 rings (SSSR count). The van der Waals surface area contributed by atoms with Crippen molar-refractivity contribution in [3.05, 3.63) is 5.69 Å². The molecule has 1 aromatic heterocycles. The molecule has 0 unspecified atom stereocenters. The molecular weight excluding hydrogens is 200 g/mol. The van der Waals surface area contributed by atoms with Gasteiger partial charge in [0.15, 0.2) is 0 Å². The van der Waals surface area contributed by atoms with Crippen molar-refractivity contribution < 1.29 is 0 Å². The number of nitrogens with one attached hydrogen (secondary N) is 1. The van der Waals surface area contributed by atoms with Crippen LogP contribution in [0.15, 0.2) is 0 Å². The molecule has 1 aliphatic carbocycles. The number of anilines is 2. The van der Waals surface area contributed by atoms with Crippen LogP contribution in [0.1, 0.15) is 38.3 Å². The van der Waals surface area contributed by atoms with Gasteiger partial charge in [0.25, 0.3) is 0 Å². The van der Waals surface area contributed by atoms with Crippen molar-refractivity contribution in [2.24, 2.45) is 12.5 Å². The topological polar surface area (TPSA) is 55.9 Å². The Hall–Kier alpha value is -1.19. The highest BCUT2D eigenvalue weighted by Gasteiger charge is 2.35. The summed E-state index contributed by atoms with van der Waals surface area (Å²) in [6.45, 7) is 5.24. The number of nitrogen functional groups attached to an aromatic ring is 1. The third kappa shape index (κ3) is 1.77. The normalized spacial score (nSPS) is 18.2. The Morgan fingerprint density at radius 1 is 1.50 bits per heavy atom. The molecule has 3 N–H and O–H groups in total. The van der Waals surface area contributed by atoms with Gasteiger partial charge in [0.2, 0.25) is 0 Å². The van der Waals surface area contributed by atoms with Gasteiger partial charge in [-0.2, -0.15) is 5.10 Å². The van der Waals surface area contributed by atoms with Crippen molar-refractivity contribution in [2.45, 2.75) is 39.5 Å². The summed E-state index contributed by atoms with van der Waals surface area (Å²) >= 11 is 0. The second-order valence-electron chi connectivity index (χ2n) is 5.03. The summed E-state index contributed by atoms with van der Waals surface area (Å²) in [7, 11) is 1.94. The lowest BCUT2D eigenvalue weighted by Gasteiger charge is -2.41. The maximum atomic E-state index is 5.99. The lowest BCUT2D eigenvalue weighted by atomic mass is 9.67. The number of hydrogen-bond donors (Lipinski definition) is 2. The minimum atomic E-state index is 0.505. The maximum Gasteiger partial charge on any atom is 0.147 e. The fraction of sp³-hybridized carbons (Fsp3) is 0.750. The zero-order valence-electron chi connectivity index (χ0n) is 10.5. The number of nitrogens with zero attached hydrogens (tertiary/aromatic N) is 2. The monoisotopic (exact) mass is 222 g/mol. The first-order chi connectivity index (χ1) is 7.58. The second kappa shape index (κ2) is 4.00. The zero-order chi connectivity index (χ0) is 11.8. The van der Waals surface area contributed by atoms with Crippen LogP contribution in [0.5, 0.6) is 0 Å². The van der Waals surface area contributed by atoms with Crippen LogP contribution < -0.4 is 11.1 Å². The molecule has 1 saturated carbocycles. The molecule has 16 heavy (non-hydrogen) atoms. The lowest BCUT2D eigenvalue weighted by Crippen LogP contribution is -2.36. The maximum absolute atomic E-state index is 5.99. The Labute approximate surface area is 97.2 Å². The van der Waals surface area contributed by atoms with Crippen LogP contribution in [0.4, 0.5) is 11.5 Å². The second-order valence-corrected chi connectivity index (χ2v) is 5.03. The molecule has 0 radical (unpaired) electrons. The van der Waals surface area contributed by atoms with E-state index in [2.05, 4.69) is 17.3 Å². The molecule has 0 atom stereocenters. The van der Waals surface area contributed by atoms with E-state index in [1.54, 1.807) is 0 Å². The predicted molar refractivity (Wildman–Crippen MR) is 67.4 cm³/mol. The van der Waals surface area contributed by atoms with E-state index in [1.165, 1.54) is 25.7 Å². The highest BCUT2D eigenvalue weighted by Crippen LogP contribution is 2.43. The van der Waals surface area contributed by atoms with Crippen LogP contribution in [0.25, 0.3) is 0 Å². The Kier molecular flexibility index (Phi) is 2.82. The molecule has 0 bridgehead atoms. The molecule has 1 aliphatic rings.